The summed E-state index contributed by atoms with van der Waals surface area (Å²) in [4.78, 5) is 46.5. The summed E-state index contributed by atoms with van der Waals surface area (Å²) in [6.07, 6.45) is -1.32. The second-order valence-corrected chi connectivity index (χ2v) is 10.9. The molecular formula is C26H27ClF3N3O4. The predicted molar refractivity (Wildman–Crippen MR) is 130 cm³/mol. The number of benzene rings is 1. The predicted octanol–water partition coefficient (Wildman–Crippen LogP) is 4.72. The van der Waals surface area contributed by atoms with E-state index in [9.17, 15) is 27.6 Å². The third-order valence-corrected chi connectivity index (χ3v) is 6.77. The lowest BCUT2D eigenvalue weighted by Crippen LogP contribution is -2.65. The molecular weight excluding hydrogens is 511 g/mol. The Bertz CT molecular complexity index is 1210. The summed E-state index contributed by atoms with van der Waals surface area (Å²) in [7, 11) is 0. The van der Waals surface area contributed by atoms with E-state index in [2.05, 4.69) is 4.98 Å². The number of rotatable bonds is 5. The summed E-state index contributed by atoms with van der Waals surface area (Å²) < 4.78 is 46.1. The molecule has 1 aliphatic carbocycles. The lowest BCUT2D eigenvalue weighted by atomic mass is 9.64. The standard InChI is InChI=1S/C26H27ClF3N3O4/c1-25(2,3)37-24(36)17-9-26(10-17)20(34)13-32(23-19(28)8-18(27)11-31-23)14-21(35)33(26)12-15-4-6-16(7-5-15)22(29)30/h4-8,11,17,22H,9-10,12-14H2,1-3H3. The monoisotopic (exact) mass is 537 g/mol. The molecule has 1 aliphatic heterocycles. The van der Waals surface area contributed by atoms with Gasteiger partial charge in [0.2, 0.25) is 5.91 Å². The van der Waals surface area contributed by atoms with Gasteiger partial charge in [-0.25, -0.2) is 18.2 Å². The molecule has 0 radical (unpaired) electrons. The van der Waals surface area contributed by atoms with E-state index < -0.39 is 41.2 Å². The van der Waals surface area contributed by atoms with Crippen molar-refractivity contribution >= 4 is 35.1 Å². The maximum Gasteiger partial charge on any atom is 0.309 e. The van der Waals surface area contributed by atoms with Crippen molar-refractivity contribution in [2.45, 2.75) is 57.7 Å². The first-order chi connectivity index (χ1) is 17.3. The van der Waals surface area contributed by atoms with Crippen LogP contribution in [0.4, 0.5) is 19.0 Å². The zero-order valence-electron chi connectivity index (χ0n) is 20.6. The lowest BCUT2D eigenvalue weighted by molar-refractivity contribution is -0.175. The molecule has 1 spiro atoms. The van der Waals surface area contributed by atoms with Crippen LogP contribution in [0.1, 0.15) is 51.2 Å². The molecule has 1 saturated heterocycles. The molecule has 198 valence electrons. The van der Waals surface area contributed by atoms with Crippen LogP contribution in [-0.2, 0) is 25.7 Å². The van der Waals surface area contributed by atoms with E-state index >= 15 is 0 Å². The van der Waals surface area contributed by atoms with Crippen molar-refractivity contribution in [1.29, 1.82) is 0 Å². The van der Waals surface area contributed by atoms with Crippen molar-refractivity contribution in [1.82, 2.24) is 9.88 Å². The summed E-state index contributed by atoms with van der Waals surface area (Å²) >= 11 is 5.80. The maximum absolute atomic E-state index is 14.6. The number of halogens is 4. The molecule has 11 heteroatoms. The lowest BCUT2D eigenvalue weighted by Gasteiger charge is -2.51. The summed E-state index contributed by atoms with van der Waals surface area (Å²) in [5.41, 5.74) is -1.67. The highest BCUT2D eigenvalue weighted by Gasteiger charge is 2.59. The van der Waals surface area contributed by atoms with Crippen LogP contribution in [0.3, 0.4) is 0 Å². The average molecular weight is 538 g/mol. The number of esters is 1. The van der Waals surface area contributed by atoms with Gasteiger partial charge in [-0.15, -0.1) is 0 Å². The number of aromatic nitrogens is 1. The first-order valence-electron chi connectivity index (χ1n) is 11.8. The highest BCUT2D eigenvalue weighted by Crippen LogP contribution is 2.46. The van der Waals surface area contributed by atoms with Crippen LogP contribution in [0.25, 0.3) is 0 Å². The Labute approximate surface area is 217 Å². The molecule has 37 heavy (non-hydrogen) atoms. The van der Waals surface area contributed by atoms with Crippen LogP contribution in [0.15, 0.2) is 36.5 Å². The van der Waals surface area contributed by atoms with E-state index in [4.69, 9.17) is 16.3 Å². The van der Waals surface area contributed by atoms with Crippen LogP contribution < -0.4 is 4.90 Å². The van der Waals surface area contributed by atoms with Crippen LogP contribution in [0.5, 0.6) is 0 Å². The van der Waals surface area contributed by atoms with Crippen molar-refractivity contribution in [3.05, 3.63) is 58.5 Å². The van der Waals surface area contributed by atoms with Crippen LogP contribution in [-0.4, -0.2) is 51.8 Å². The van der Waals surface area contributed by atoms with Gasteiger partial charge in [0.1, 0.15) is 11.1 Å². The first kappa shape index (κ1) is 26.9. The van der Waals surface area contributed by atoms with Gasteiger partial charge in [-0.05, 0) is 45.2 Å². The van der Waals surface area contributed by atoms with Gasteiger partial charge >= 0.3 is 5.97 Å². The number of alkyl halides is 2. The highest BCUT2D eigenvalue weighted by molar-refractivity contribution is 6.30. The Balaban J connectivity index is 1.65. The van der Waals surface area contributed by atoms with Crippen LogP contribution in [0, 0.1) is 11.7 Å². The minimum atomic E-state index is -2.64. The van der Waals surface area contributed by atoms with Crippen molar-refractivity contribution in [2.24, 2.45) is 5.92 Å². The fraction of sp³-hybridized carbons (Fsp3) is 0.462. The fourth-order valence-electron chi connectivity index (χ4n) is 4.75. The van der Waals surface area contributed by atoms with Gasteiger partial charge in [0, 0.05) is 18.3 Å². The summed E-state index contributed by atoms with van der Waals surface area (Å²) in [5.74, 6) is -2.89. The molecule has 0 unspecified atom stereocenters. The number of hydrogen-bond donors (Lipinski definition) is 0. The van der Waals surface area contributed by atoms with Gasteiger partial charge in [-0.3, -0.25) is 14.4 Å². The summed E-state index contributed by atoms with van der Waals surface area (Å²) in [6, 6.07) is 6.52. The molecule has 0 atom stereocenters. The third-order valence-electron chi connectivity index (χ3n) is 6.57. The average Bonchev–Trinajstić information content (AvgIpc) is 2.86. The molecule has 0 N–H and O–H groups in total. The van der Waals surface area contributed by atoms with E-state index in [1.54, 1.807) is 20.8 Å². The number of Topliss-reactive ketones (excluding diaryl/α,β-unsaturated/α-hetero) is 1. The largest absolute Gasteiger partial charge is 0.460 e. The number of hydrogen-bond acceptors (Lipinski definition) is 6. The van der Waals surface area contributed by atoms with Crippen molar-refractivity contribution < 1.29 is 32.3 Å². The highest BCUT2D eigenvalue weighted by atomic mass is 35.5. The molecule has 1 saturated carbocycles. The fourth-order valence-corrected chi connectivity index (χ4v) is 4.89. The van der Waals surface area contributed by atoms with Gasteiger partial charge < -0.3 is 14.5 Å². The number of carbonyl (C=O) groups excluding carboxylic acids is 3. The van der Waals surface area contributed by atoms with Crippen LogP contribution >= 0.6 is 11.6 Å². The molecule has 1 amide bonds. The molecule has 1 aromatic carbocycles. The van der Waals surface area contributed by atoms with Crippen LogP contribution in [0.2, 0.25) is 5.02 Å². The molecule has 0 bridgehead atoms. The SMILES string of the molecule is CC(C)(C)OC(=O)C1CC2(C1)C(=O)CN(c1ncc(Cl)cc1F)CC(=O)N2Cc1ccc(C(F)F)cc1. The van der Waals surface area contributed by atoms with Crippen molar-refractivity contribution in [3.63, 3.8) is 0 Å². The Kier molecular flexibility index (Phi) is 7.25. The number of ether oxygens (including phenoxy) is 1. The first-order valence-corrected chi connectivity index (χ1v) is 12.2. The van der Waals surface area contributed by atoms with Gasteiger partial charge in [0.05, 0.1) is 24.0 Å². The van der Waals surface area contributed by atoms with E-state index in [1.807, 2.05) is 0 Å². The molecule has 2 fully saturated rings. The Hall–Kier alpha value is -3.14. The van der Waals surface area contributed by atoms with Gasteiger partial charge in [-0.2, -0.15) is 0 Å². The quantitative estimate of drug-likeness (QED) is 0.514. The Morgan fingerprint density at radius 3 is 2.41 bits per heavy atom. The second kappa shape index (κ2) is 9.96. The summed E-state index contributed by atoms with van der Waals surface area (Å²) in [5, 5.41) is 0.0678. The zero-order chi connectivity index (χ0) is 27.1. The molecule has 2 aliphatic rings. The van der Waals surface area contributed by atoms with E-state index in [0.717, 1.165) is 6.07 Å². The molecule has 2 heterocycles. The van der Waals surface area contributed by atoms with E-state index in [0.29, 0.717) is 5.56 Å². The molecule has 7 nitrogen and oxygen atoms in total. The third kappa shape index (κ3) is 5.58. The minimum Gasteiger partial charge on any atom is -0.460 e. The van der Waals surface area contributed by atoms with Crippen molar-refractivity contribution in [3.8, 4) is 0 Å². The van der Waals surface area contributed by atoms with E-state index in [-0.39, 0.29) is 54.7 Å². The Morgan fingerprint density at radius 1 is 1.19 bits per heavy atom. The van der Waals surface area contributed by atoms with E-state index in [1.165, 1.54) is 40.3 Å². The molecule has 1 aromatic heterocycles. The molecule has 2 aromatic rings. The maximum atomic E-state index is 14.6. The number of ketones is 1. The minimum absolute atomic E-state index is 0.0422. The molecule has 4 rings (SSSR count). The normalized spacial score (nSPS) is 22.3. The number of nitrogens with zero attached hydrogens (tertiary/aromatic N) is 3. The van der Waals surface area contributed by atoms with Crippen molar-refractivity contribution in [2.75, 3.05) is 18.0 Å². The number of carbonyl (C=O) groups is 3. The topological polar surface area (TPSA) is 79.8 Å². The van der Waals surface area contributed by atoms with Gasteiger partial charge in [-0.1, -0.05) is 35.9 Å². The smallest absolute Gasteiger partial charge is 0.309 e. The Morgan fingerprint density at radius 2 is 1.84 bits per heavy atom. The van der Waals surface area contributed by atoms with Gasteiger partial charge in [0.15, 0.2) is 17.4 Å². The number of pyridine rings is 1. The zero-order valence-corrected chi connectivity index (χ0v) is 21.4. The van der Waals surface area contributed by atoms with Gasteiger partial charge in [0.25, 0.3) is 6.43 Å². The number of amides is 1. The summed E-state index contributed by atoms with van der Waals surface area (Å²) in [6.45, 7) is 4.52. The second-order valence-electron chi connectivity index (χ2n) is 10.4. The number of anilines is 1.